The van der Waals surface area contributed by atoms with Crippen LogP contribution in [0, 0.1) is 5.92 Å². The lowest BCUT2D eigenvalue weighted by Crippen LogP contribution is -2.55. The molecule has 1 heterocycles. The van der Waals surface area contributed by atoms with E-state index >= 15 is 0 Å². The summed E-state index contributed by atoms with van der Waals surface area (Å²) in [6.45, 7) is 5.66. The summed E-state index contributed by atoms with van der Waals surface area (Å²) in [4.78, 5) is 2.67. The van der Waals surface area contributed by atoms with Crippen LogP contribution in [0.15, 0.2) is 24.3 Å². The molecule has 1 aliphatic carbocycles. The zero-order valence-electron chi connectivity index (χ0n) is 11.9. The minimum Gasteiger partial charge on any atom is -0.497 e. The Morgan fingerprint density at radius 1 is 1.26 bits per heavy atom. The first-order valence-corrected chi connectivity index (χ1v) is 7.36. The summed E-state index contributed by atoms with van der Waals surface area (Å²) in [6.07, 6.45) is 2.83. The highest BCUT2D eigenvalue weighted by Gasteiger charge is 2.37. The van der Waals surface area contributed by atoms with Gasteiger partial charge in [-0.25, -0.2) is 0 Å². The number of hydrogen-bond donors (Lipinski definition) is 1. The molecule has 2 fully saturated rings. The van der Waals surface area contributed by atoms with Crippen LogP contribution in [0.5, 0.6) is 5.75 Å². The third-order valence-electron chi connectivity index (χ3n) is 4.36. The number of ether oxygens (including phenoxy) is 1. The smallest absolute Gasteiger partial charge is 0.118 e. The van der Waals surface area contributed by atoms with Crippen molar-refractivity contribution in [2.75, 3.05) is 20.2 Å². The Balaban J connectivity index is 1.67. The summed E-state index contributed by atoms with van der Waals surface area (Å²) in [5.41, 5.74) is 1.39. The van der Waals surface area contributed by atoms with Gasteiger partial charge in [0, 0.05) is 31.7 Å². The third kappa shape index (κ3) is 3.10. The molecule has 1 saturated heterocycles. The van der Waals surface area contributed by atoms with Gasteiger partial charge in [-0.2, -0.15) is 0 Å². The highest BCUT2D eigenvalue weighted by Crippen LogP contribution is 2.36. The second-order valence-electron chi connectivity index (χ2n) is 5.99. The maximum absolute atomic E-state index is 5.22. The minimum absolute atomic E-state index is 0.605. The van der Waals surface area contributed by atoms with Crippen molar-refractivity contribution in [3.63, 3.8) is 0 Å². The molecule has 2 unspecified atom stereocenters. The van der Waals surface area contributed by atoms with Crippen LogP contribution in [0.1, 0.15) is 25.3 Å². The van der Waals surface area contributed by atoms with Gasteiger partial charge in [0.1, 0.15) is 5.75 Å². The largest absolute Gasteiger partial charge is 0.497 e. The molecule has 0 aromatic heterocycles. The van der Waals surface area contributed by atoms with Crippen molar-refractivity contribution in [1.82, 2.24) is 10.2 Å². The van der Waals surface area contributed by atoms with Crippen LogP contribution in [-0.4, -0.2) is 37.2 Å². The van der Waals surface area contributed by atoms with E-state index in [9.17, 15) is 0 Å². The molecule has 1 aromatic carbocycles. The number of hydrogen-bond acceptors (Lipinski definition) is 3. The summed E-state index contributed by atoms with van der Waals surface area (Å²) in [6, 6.07) is 9.84. The second-order valence-corrected chi connectivity index (χ2v) is 5.99. The Morgan fingerprint density at radius 2 is 2.00 bits per heavy atom. The second kappa shape index (κ2) is 5.51. The predicted octanol–water partition coefficient (Wildman–Crippen LogP) is 2.27. The maximum Gasteiger partial charge on any atom is 0.118 e. The van der Waals surface area contributed by atoms with Crippen LogP contribution in [-0.2, 0) is 6.54 Å². The summed E-state index contributed by atoms with van der Waals surface area (Å²) >= 11 is 0. The monoisotopic (exact) mass is 260 g/mol. The zero-order chi connectivity index (χ0) is 13.2. The van der Waals surface area contributed by atoms with Crippen LogP contribution in [0.2, 0.25) is 0 Å². The van der Waals surface area contributed by atoms with E-state index in [1.165, 1.54) is 18.4 Å². The number of nitrogens with one attached hydrogen (secondary N) is 1. The lowest BCUT2D eigenvalue weighted by atomic mass is 10.0. The third-order valence-corrected chi connectivity index (χ3v) is 4.36. The van der Waals surface area contributed by atoms with E-state index in [1.807, 2.05) is 0 Å². The van der Waals surface area contributed by atoms with Gasteiger partial charge in [0.25, 0.3) is 0 Å². The molecule has 0 spiro atoms. The Morgan fingerprint density at radius 3 is 2.63 bits per heavy atom. The average molecular weight is 260 g/mol. The van der Waals surface area contributed by atoms with Crippen LogP contribution < -0.4 is 10.1 Å². The standard InChI is InChI=1S/C16H24N2O/c1-12-10-18(16(9-17-12)14-5-6-14)11-13-3-7-15(19-2)8-4-13/h3-4,7-8,12,14,16-17H,5-6,9-11H2,1-2H3. The molecule has 104 valence electrons. The number of piperazine rings is 1. The highest BCUT2D eigenvalue weighted by atomic mass is 16.5. The molecule has 2 atom stereocenters. The summed E-state index contributed by atoms with van der Waals surface area (Å²) < 4.78 is 5.22. The van der Waals surface area contributed by atoms with Gasteiger partial charge in [0.2, 0.25) is 0 Å². The highest BCUT2D eigenvalue weighted by molar-refractivity contribution is 5.27. The predicted molar refractivity (Wildman–Crippen MR) is 77.4 cm³/mol. The molecule has 19 heavy (non-hydrogen) atoms. The quantitative estimate of drug-likeness (QED) is 0.899. The van der Waals surface area contributed by atoms with Gasteiger partial charge >= 0.3 is 0 Å². The fourth-order valence-electron chi connectivity index (χ4n) is 3.10. The van der Waals surface area contributed by atoms with Crippen molar-refractivity contribution in [1.29, 1.82) is 0 Å². The number of rotatable bonds is 4. The minimum atomic E-state index is 0.605. The maximum atomic E-state index is 5.22. The Kier molecular flexibility index (Phi) is 3.76. The van der Waals surface area contributed by atoms with Gasteiger partial charge in [-0.15, -0.1) is 0 Å². The molecular weight excluding hydrogens is 236 g/mol. The fourth-order valence-corrected chi connectivity index (χ4v) is 3.10. The Bertz CT molecular complexity index is 413. The molecule has 2 aliphatic rings. The first-order valence-electron chi connectivity index (χ1n) is 7.36. The van der Waals surface area contributed by atoms with Crippen molar-refractivity contribution in [2.24, 2.45) is 5.92 Å². The van der Waals surface area contributed by atoms with E-state index < -0.39 is 0 Å². The molecule has 1 N–H and O–H groups in total. The number of nitrogens with zero attached hydrogens (tertiary/aromatic N) is 1. The zero-order valence-corrected chi connectivity index (χ0v) is 11.9. The summed E-state index contributed by atoms with van der Waals surface area (Å²) in [7, 11) is 1.72. The molecule has 1 aliphatic heterocycles. The topological polar surface area (TPSA) is 24.5 Å². The van der Waals surface area contributed by atoms with E-state index in [2.05, 4.69) is 41.4 Å². The SMILES string of the molecule is COc1ccc(CN2CC(C)NCC2C2CC2)cc1. The molecule has 1 aromatic rings. The van der Waals surface area contributed by atoms with Gasteiger partial charge in [-0.05, 0) is 43.4 Å². The van der Waals surface area contributed by atoms with E-state index in [1.54, 1.807) is 7.11 Å². The van der Waals surface area contributed by atoms with Crippen LogP contribution in [0.25, 0.3) is 0 Å². The fraction of sp³-hybridized carbons (Fsp3) is 0.625. The lowest BCUT2D eigenvalue weighted by molar-refractivity contribution is 0.112. The molecule has 3 rings (SSSR count). The van der Waals surface area contributed by atoms with Gasteiger partial charge in [-0.3, -0.25) is 4.90 Å². The molecular formula is C16H24N2O. The van der Waals surface area contributed by atoms with Crippen molar-refractivity contribution in [3.05, 3.63) is 29.8 Å². The van der Waals surface area contributed by atoms with Gasteiger partial charge in [-0.1, -0.05) is 12.1 Å². The first-order chi connectivity index (χ1) is 9.26. The first kappa shape index (κ1) is 12.9. The van der Waals surface area contributed by atoms with E-state index in [0.29, 0.717) is 6.04 Å². The molecule has 3 heteroatoms. The molecule has 0 bridgehead atoms. The van der Waals surface area contributed by atoms with Crippen molar-refractivity contribution in [3.8, 4) is 5.75 Å². The van der Waals surface area contributed by atoms with Crippen LogP contribution in [0.3, 0.4) is 0 Å². The summed E-state index contributed by atoms with van der Waals surface area (Å²) in [5, 5.41) is 3.63. The molecule has 1 saturated carbocycles. The van der Waals surface area contributed by atoms with E-state index in [4.69, 9.17) is 4.74 Å². The Labute approximate surface area is 115 Å². The normalized spacial score (nSPS) is 28.3. The van der Waals surface area contributed by atoms with Gasteiger partial charge in [0.15, 0.2) is 0 Å². The van der Waals surface area contributed by atoms with Gasteiger partial charge in [0.05, 0.1) is 7.11 Å². The number of methoxy groups -OCH3 is 1. The molecule has 3 nitrogen and oxygen atoms in total. The van der Waals surface area contributed by atoms with Crippen LogP contribution >= 0.6 is 0 Å². The van der Waals surface area contributed by atoms with Crippen molar-refractivity contribution in [2.45, 2.75) is 38.4 Å². The Hall–Kier alpha value is -1.06. The van der Waals surface area contributed by atoms with E-state index in [0.717, 1.165) is 37.3 Å². The van der Waals surface area contributed by atoms with Crippen molar-refractivity contribution < 1.29 is 4.74 Å². The lowest BCUT2D eigenvalue weighted by Gasteiger charge is -2.39. The van der Waals surface area contributed by atoms with Crippen molar-refractivity contribution >= 4 is 0 Å². The van der Waals surface area contributed by atoms with E-state index in [-0.39, 0.29) is 0 Å². The average Bonchev–Trinajstić information content (AvgIpc) is 3.24. The molecule has 0 amide bonds. The number of benzene rings is 1. The molecule has 0 radical (unpaired) electrons. The van der Waals surface area contributed by atoms with Crippen LogP contribution in [0.4, 0.5) is 0 Å². The van der Waals surface area contributed by atoms with Gasteiger partial charge < -0.3 is 10.1 Å². The summed E-state index contributed by atoms with van der Waals surface area (Å²) in [5.74, 6) is 1.87.